The number of carbonyl (C=O) groups is 1. The lowest BCUT2D eigenvalue weighted by molar-refractivity contribution is -0.124. The first kappa shape index (κ1) is 16.8. The number of benzene rings is 2. The molecule has 4 nitrogen and oxygen atoms in total. The Kier molecular flexibility index (Phi) is 4.78. The number of ether oxygens (including phenoxy) is 1. The maximum atomic E-state index is 12.6. The first-order valence-corrected chi connectivity index (χ1v) is 8.30. The number of carbonyl (C=O) groups excluding carboxylic acids is 1. The van der Waals surface area contributed by atoms with Gasteiger partial charge in [-0.2, -0.15) is 0 Å². The highest BCUT2D eigenvalue weighted by Gasteiger charge is 2.51. The smallest absolute Gasteiger partial charge is 0.230 e. The summed E-state index contributed by atoms with van der Waals surface area (Å²) in [6.45, 7) is 0.140. The van der Waals surface area contributed by atoms with Gasteiger partial charge in [-0.1, -0.05) is 41.9 Å². The molecule has 1 aliphatic carbocycles. The Morgan fingerprint density at radius 3 is 2.71 bits per heavy atom. The Hall–Kier alpha value is -2.04. The minimum Gasteiger partial charge on any atom is -0.496 e. The molecule has 0 heterocycles. The lowest BCUT2D eigenvalue weighted by Gasteiger charge is -2.19. The highest BCUT2D eigenvalue weighted by Crippen LogP contribution is 2.48. The molecule has 24 heavy (non-hydrogen) atoms. The van der Waals surface area contributed by atoms with Crippen molar-refractivity contribution in [1.29, 1.82) is 0 Å². The van der Waals surface area contributed by atoms with Crippen LogP contribution >= 0.6 is 11.6 Å². The molecule has 1 atom stereocenters. The zero-order valence-corrected chi connectivity index (χ0v) is 14.2. The summed E-state index contributed by atoms with van der Waals surface area (Å²) < 4.78 is 5.25. The van der Waals surface area contributed by atoms with E-state index in [9.17, 15) is 9.90 Å². The van der Waals surface area contributed by atoms with Crippen LogP contribution in [0, 0.1) is 0 Å². The van der Waals surface area contributed by atoms with E-state index in [0.29, 0.717) is 16.3 Å². The standard InChI is InChI=1S/C19H20ClNO3/c1-24-17-8-3-2-7-15(17)16(22)12-21-18(23)19(9-10-19)13-5-4-6-14(20)11-13/h2-8,11,16,22H,9-10,12H2,1H3,(H,21,23)/t16-/m0/s1. The fraction of sp³-hybridized carbons (Fsp3) is 0.316. The normalized spacial score (nSPS) is 16.3. The van der Waals surface area contributed by atoms with Crippen molar-refractivity contribution < 1.29 is 14.6 Å². The molecular weight excluding hydrogens is 326 g/mol. The molecule has 1 aliphatic rings. The molecule has 1 saturated carbocycles. The zero-order chi connectivity index (χ0) is 17.2. The van der Waals surface area contributed by atoms with E-state index in [1.165, 1.54) is 0 Å². The van der Waals surface area contributed by atoms with Crippen molar-refractivity contribution in [1.82, 2.24) is 5.32 Å². The van der Waals surface area contributed by atoms with E-state index < -0.39 is 11.5 Å². The Morgan fingerprint density at radius 2 is 2.04 bits per heavy atom. The summed E-state index contributed by atoms with van der Waals surface area (Å²) in [5.74, 6) is 0.536. The predicted octanol–water partition coefficient (Wildman–Crippen LogP) is 3.23. The molecule has 5 heteroatoms. The second kappa shape index (κ2) is 6.83. The molecule has 1 amide bonds. The molecule has 0 unspecified atom stereocenters. The molecule has 0 spiro atoms. The van der Waals surface area contributed by atoms with Gasteiger partial charge < -0.3 is 15.2 Å². The van der Waals surface area contributed by atoms with Crippen molar-refractivity contribution >= 4 is 17.5 Å². The predicted molar refractivity (Wildman–Crippen MR) is 93.3 cm³/mol. The average Bonchev–Trinajstić information content (AvgIpc) is 3.41. The van der Waals surface area contributed by atoms with Gasteiger partial charge in [0.1, 0.15) is 5.75 Å². The van der Waals surface area contributed by atoms with Gasteiger partial charge in [-0.25, -0.2) is 0 Å². The van der Waals surface area contributed by atoms with E-state index in [4.69, 9.17) is 16.3 Å². The number of methoxy groups -OCH3 is 1. The third-order valence-electron chi connectivity index (χ3n) is 4.52. The molecule has 0 saturated heterocycles. The van der Waals surface area contributed by atoms with Gasteiger partial charge in [-0.15, -0.1) is 0 Å². The third kappa shape index (κ3) is 3.25. The second-order valence-electron chi connectivity index (χ2n) is 6.06. The number of amides is 1. The van der Waals surface area contributed by atoms with Crippen molar-refractivity contribution in [3.63, 3.8) is 0 Å². The molecule has 0 aromatic heterocycles. The number of aliphatic hydroxyl groups excluding tert-OH is 1. The monoisotopic (exact) mass is 345 g/mol. The lowest BCUT2D eigenvalue weighted by Crippen LogP contribution is -2.37. The quantitative estimate of drug-likeness (QED) is 0.845. The van der Waals surface area contributed by atoms with Crippen LogP contribution in [0.2, 0.25) is 5.02 Å². The van der Waals surface area contributed by atoms with Gasteiger partial charge >= 0.3 is 0 Å². The van der Waals surface area contributed by atoms with Crippen molar-refractivity contribution in [2.45, 2.75) is 24.4 Å². The molecule has 2 N–H and O–H groups in total. The number of hydrogen-bond donors (Lipinski definition) is 2. The summed E-state index contributed by atoms with van der Waals surface area (Å²) in [6.07, 6.45) is 0.772. The molecule has 0 aliphatic heterocycles. The SMILES string of the molecule is COc1ccccc1[C@@H](O)CNC(=O)C1(c2cccc(Cl)c2)CC1. The highest BCUT2D eigenvalue weighted by molar-refractivity contribution is 6.30. The van der Waals surface area contributed by atoms with Gasteiger partial charge in [0.25, 0.3) is 0 Å². The van der Waals surface area contributed by atoms with Crippen molar-refractivity contribution in [3.8, 4) is 5.75 Å². The van der Waals surface area contributed by atoms with Gasteiger partial charge in [0.2, 0.25) is 5.91 Å². The summed E-state index contributed by atoms with van der Waals surface area (Å²) in [5.41, 5.74) is 1.08. The molecule has 3 rings (SSSR count). The molecule has 2 aromatic carbocycles. The number of aliphatic hydroxyl groups is 1. The van der Waals surface area contributed by atoms with Gasteiger partial charge in [0.15, 0.2) is 0 Å². The number of rotatable bonds is 6. The number of hydrogen-bond acceptors (Lipinski definition) is 3. The zero-order valence-electron chi connectivity index (χ0n) is 13.5. The maximum absolute atomic E-state index is 12.6. The molecule has 0 radical (unpaired) electrons. The molecule has 0 bridgehead atoms. The summed E-state index contributed by atoms with van der Waals surface area (Å²) in [6, 6.07) is 14.7. The lowest BCUT2D eigenvalue weighted by atomic mass is 9.95. The van der Waals surface area contributed by atoms with Crippen molar-refractivity contribution in [3.05, 3.63) is 64.7 Å². The molecule has 126 valence electrons. The van der Waals surface area contributed by atoms with Crippen LogP contribution in [0.4, 0.5) is 0 Å². The number of para-hydroxylation sites is 1. The molecular formula is C19H20ClNO3. The van der Waals surface area contributed by atoms with Crippen molar-refractivity contribution in [2.24, 2.45) is 0 Å². The van der Waals surface area contributed by atoms with Crippen LogP contribution in [0.15, 0.2) is 48.5 Å². The van der Waals surface area contributed by atoms with E-state index in [1.54, 1.807) is 25.3 Å². The molecule has 2 aromatic rings. The van der Waals surface area contributed by atoms with Crippen LogP contribution in [0.3, 0.4) is 0 Å². The summed E-state index contributed by atoms with van der Waals surface area (Å²) in [7, 11) is 1.56. The Morgan fingerprint density at radius 1 is 1.29 bits per heavy atom. The Bertz CT molecular complexity index is 743. The van der Waals surface area contributed by atoms with Gasteiger partial charge in [-0.05, 0) is 36.6 Å². The topological polar surface area (TPSA) is 58.6 Å². The minimum absolute atomic E-state index is 0.0706. The van der Waals surface area contributed by atoms with Gasteiger partial charge in [0, 0.05) is 17.1 Å². The summed E-state index contributed by atoms with van der Waals surface area (Å²) in [5, 5.41) is 13.9. The Labute approximate surface area is 146 Å². The van der Waals surface area contributed by atoms with Crippen molar-refractivity contribution in [2.75, 3.05) is 13.7 Å². The fourth-order valence-corrected chi connectivity index (χ4v) is 3.16. The van der Waals surface area contributed by atoms with Crippen LogP contribution < -0.4 is 10.1 Å². The average molecular weight is 346 g/mol. The Balaban J connectivity index is 1.67. The largest absolute Gasteiger partial charge is 0.496 e. The van der Waals surface area contributed by atoms with E-state index >= 15 is 0 Å². The first-order chi connectivity index (χ1) is 11.6. The minimum atomic E-state index is -0.819. The van der Waals surface area contributed by atoms with E-state index in [0.717, 1.165) is 18.4 Å². The van der Waals surface area contributed by atoms with E-state index in [2.05, 4.69) is 5.32 Å². The van der Waals surface area contributed by atoms with Gasteiger partial charge in [0.05, 0.1) is 18.6 Å². The van der Waals surface area contributed by atoms with E-state index in [1.807, 2.05) is 30.3 Å². The van der Waals surface area contributed by atoms with Gasteiger partial charge in [-0.3, -0.25) is 4.79 Å². The number of nitrogens with one attached hydrogen (secondary N) is 1. The van der Waals surface area contributed by atoms with E-state index in [-0.39, 0.29) is 12.5 Å². The highest BCUT2D eigenvalue weighted by atomic mass is 35.5. The van der Waals surface area contributed by atoms with Crippen LogP contribution in [-0.4, -0.2) is 24.7 Å². The third-order valence-corrected chi connectivity index (χ3v) is 4.75. The maximum Gasteiger partial charge on any atom is 0.230 e. The second-order valence-corrected chi connectivity index (χ2v) is 6.50. The van der Waals surface area contributed by atoms with Crippen LogP contribution in [0.1, 0.15) is 30.1 Å². The van der Waals surface area contributed by atoms with Crippen LogP contribution in [0.25, 0.3) is 0 Å². The summed E-state index contributed by atoms with van der Waals surface area (Å²) in [4.78, 5) is 12.6. The van der Waals surface area contributed by atoms with Crippen LogP contribution in [-0.2, 0) is 10.2 Å². The van der Waals surface area contributed by atoms with Crippen LogP contribution in [0.5, 0.6) is 5.75 Å². The summed E-state index contributed by atoms with van der Waals surface area (Å²) >= 11 is 6.04. The molecule has 1 fully saturated rings. The fourth-order valence-electron chi connectivity index (χ4n) is 2.97. The first-order valence-electron chi connectivity index (χ1n) is 7.92. The number of halogens is 1.